The Kier molecular flexibility index (Phi) is 2.96. The third-order valence-corrected chi connectivity index (χ3v) is 3.33. The summed E-state index contributed by atoms with van der Waals surface area (Å²) in [6.07, 6.45) is 3.10. The molecule has 3 aromatic rings. The number of aromatic nitrogens is 2. The zero-order chi connectivity index (χ0) is 14.1. The van der Waals surface area contributed by atoms with Crippen LogP contribution in [0.3, 0.4) is 0 Å². The Morgan fingerprint density at radius 3 is 2.55 bits per heavy atom. The molecule has 100 valence electrons. The van der Waals surface area contributed by atoms with Crippen LogP contribution >= 0.6 is 0 Å². The molecule has 1 amide bonds. The molecular weight excluding hydrogens is 252 g/mol. The molecule has 0 fully saturated rings. The van der Waals surface area contributed by atoms with Gasteiger partial charge in [0.25, 0.3) is 5.91 Å². The van der Waals surface area contributed by atoms with Gasteiger partial charge in [0, 0.05) is 18.1 Å². The van der Waals surface area contributed by atoms with Gasteiger partial charge in [-0.3, -0.25) is 4.79 Å². The number of carbonyl (C=O) groups is 1. The van der Waals surface area contributed by atoms with E-state index in [9.17, 15) is 4.79 Å². The first-order valence-corrected chi connectivity index (χ1v) is 6.26. The highest BCUT2D eigenvalue weighted by Crippen LogP contribution is 2.25. The molecule has 0 aliphatic heterocycles. The molecule has 0 spiro atoms. The maximum atomic E-state index is 11.2. The average Bonchev–Trinajstić information content (AvgIpc) is 2.96. The second kappa shape index (κ2) is 4.79. The van der Waals surface area contributed by atoms with Gasteiger partial charge in [0.2, 0.25) is 0 Å². The van der Waals surface area contributed by atoms with Crippen molar-refractivity contribution < 1.29 is 4.79 Å². The lowest BCUT2D eigenvalue weighted by atomic mass is 10.0. The highest BCUT2D eigenvalue weighted by atomic mass is 16.1. The first-order valence-electron chi connectivity index (χ1n) is 6.26. The molecule has 0 aliphatic carbocycles. The quantitative estimate of drug-likeness (QED) is 0.754. The minimum absolute atomic E-state index is 0.386. The van der Waals surface area contributed by atoms with Crippen LogP contribution in [0.4, 0.5) is 0 Å². The molecule has 0 saturated carbocycles. The van der Waals surface area contributed by atoms with Crippen molar-refractivity contribution in [1.29, 1.82) is 0 Å². The predicted molar refractivity (Wildman–Crippen MR) is 77.5 cm³/mol. The minimum atomic E-state index is -0.487. The summed E-state index contributed by atoms with van der Waals surface area (Å²) in [6.45, 7) is 0.479. The molecule has 0 aliphatic rings. The Hall–Kier alpha value is -2.66. The lowest BCUT2D eigenvalue weighted by Gasteiger charge is -2.10. The van der Waals surface area contributed by atoms with Crippen LogP contribution in [0.5, 0.6) is 0 Å². The van der Waals surface area contributed by atoms with Crippen molar-refractivity contribution in [3.63, 3.8) is 0 Å². The van der Waals surface area contributed by atoms with E-state index in [0.29, 0.717) is 12.1 Å². The number of carbonyl (C=O) groups excluding carboxylic acids is 1. The molecule has 0 saturated heterocycles. The number of benzene rings is 2. The summed E-state index contributed by atoms with van der Waals surface area (Å²) in [6, 6.07) is 11.9. The monoisotopic (exact) mass is 266 g/mol. The molecule has 0 unspecified atom stereocenters. The normalized spacial score (nSPS) is 10.8. The van der Waals surface area contributed by atoms with Gasteiger partial charge in [0.05, 0.1) is 17.4 Å². The minimum Gasteiger partial charge on any atom is -0.366 e. The van der Waals surface area contributed by atoms with Crippen LogP contribution in [0.25, 0.3) is 16.5 Å². The smallest absolute Gasteiger partial charge is 0.251 e. The van der Waals surface area contributed by atoms with Gasteiger partial charge in [-0.05, 0) is 17.0 Å². The average molecular weight is 266 g/mol. The third kappa shape index (κ3) is 1.94. The van der Waals surface area contributed by atoms with Crippen LogP contribution in [0.2, 0.25) is 0 Å². The van der Waals surface area contributed by atoms with E-state index in [2.05, 4.69) is 5.10 Å². The van der Waals surface area contributed by atoms with Crippen molar-refractivity contribution in [2.24, 2.45) is 11.5 Å². The molecule has 0 atom stereocenters. The Morgan fingerprint density at radius 2 is 1.90 bits per heavy atom. The van der Waals surface area contributed by atoms with Gasteiger partial charge in [0.1, 0.15) is 0 Å². The van der Waals surface area contributed by atoms with Crippen LogP contribution in [0.15, 0.2) is 48.8 Å². The second-order valence-corrected chi connectivity index (χ2v) is 4.53. The van der Waals surface area contributed by atoms with E-state index >= 15 is 0 Å². The van der Waals surface area contributed by atoms with Crippen LogP contribution in [-0.4, -0.2) is 15.7 Å². The zero-order valence-electron chi connectivity index (χ0n) is 10.8. The maximum absolute atomic E-state index is 11.2. The van der Waals surface area contributed by atoms with Crippen molar-refractivity contribution in [2.45, 2.75) is 6.54 Å². The van der Waals surface area contributed by atoms with E-state index < -0.39 is 5.91 Å². The van der Waals surface area contributed by atoms with Crippen LogP contribution in [0, 0.1) is 0 Å². The summed E-state index contributed by atoms with van der Waals surface area (Å²) in [4.78, 5) is 11.2. The maximum Gasteiger partial charge on any atom is 0.251 e. The number of rotatable bonds is 3. The summed E-state index contributed by atoms with van der Waals surface area (Å²) in [5, 5.41) is 6.32. The molecule has 2 aromatic carbocycles. The summed E-state index contributed by atoms with van der Waals surface area (Å²) < 4.78 is 1.66. The second-order valence-electron chi connectivity index (χ2n) is 4.53. The fraction of sp³-hybridized carbons (Fsp3) is 0.0667. The van der Waals surface area contributed by atoms with Crippen molar-refractivity contribution >= 4 is 16.7 Å². The van der Waals surface area contributed by atoms with Crippen molar-refractivity contribution in [2.75, 3.05) is 0 Å². The lowest BCUT2D eigenvalue weighted by molar-refractivity contribution is 0.100. The van der Waals surface area contributed by atoms with E-state index in [4.69, 9.17) is 11.5 Å². The van der Waals surface area contributed by atoms with Crippen LogP contribution in [0.1, 0.15) is 15.9 Å². The summed E-state index contributed by atoms with van der Waals surface area (Å²) in [7, 11) is 0. The SMILES string of the molecule is NCc1ccc(-n2cc(C(N)=O)cn2)c2ccccc12. The largest absolute Gasteiger partial charge is 0.366 e. The van der Waals surface area contributed by atoms with E-state index in [-0.39, 0.29) is 0 Å². The molecule has 4 N–H and O–H groups in total. The summed E-state index contributed by atoms with van der Waals surface area (Å²) in [5.41, 5.74) is 13.4. The van der Waals surface area contributed by atoms with Crippen LogP contribution < -0.4 is 11.5 Å². The van der Waals surface area contributed by atoms with Crippen molar-refractivity contribution in [1.82, 2.24) is 9.78 Å². The summed E-state index contributed by atoms with van der Waals surface area (Å²) in [5.74, 6) is -0.487. The topological polar surface area (TPSA) is 86.9 Å². The van der Waals surface area contributed by atoms with E-state index in [0.717, 1.165) is 22.0 Å². The molecule has 0 bridgehead atoms. The fourth-order valence-corrected chi connectivity index (χ4v) is 2.31. The molecule has 20 heavy (non-hydrogen) atoms. The Morgan fingerprint density at radius 1 is 1.15 bits per heavy atom. The Labute approximate surface area is 115 Å². The number of hydrogen-bond donors (Lipinski definition) is 2. The zero-order valence-corrected chi connectivity index (χ0v) is 10.8. The standard InChI is InChI=1S/C15H14N4O/c16-7-10-5-6-14(13-4-2-1-3-12(10)13)19-9-11(8-18-19)15(17)20/h1-6,8-9H,7,16H2,(H2,17,20). The number of hydrogen-bond acceptors (Lipinski definition) is 3. The Bertz CT molecular complexity index is 791. The fourth-order valence-electron chi connectivity index (χ4n) is 2.31. The Balaban J connectivity index is 2.23. The van der Waals surface area contributed by atoms with E-state index in [1.54, 1.807) is 10.9 Å². The van der Waals surface area contributed by atoms with Gasteiger partial charge in [0.15, 0.2) is 0 Å². The van der Waals surface area contributed by atoms with Crippen molar-refractivity contribution in [3.8, 4) is 5.69 Å². The predicted octanol–water partition coefficient (Wildman–Crippen LogP) is 1.58. The molecule has 5 heteroatoms. The number of amides is 1. The van der Waals surface area contributed by atoms with Gasteiger partial charge in [-0.2, -0.15) is 5.10 Å². The molecule has 0 radical (unpaired) electrons. The molecule has 5 nitrogen and oxygen atoms in total. The first kappa shape index (κ1) is 12.4. The first-order chi connectivity index (χ1) is 9.70. The molecule has 3 rings (SSSR count). The van der Waals surface area contributed by atoms with Crippen LogP contribution in [-0.2, 0) is 6.54 Å². The third-order valence-electron chi connectivity index (χ3n) is 3.33. The van der Waals surface area contributed by atoms with Crippen molar-refractivity contribution in [3.05, 3.63) is 59.9 Å². The number of fused-ring (bicyclic) bond motifs is 1. The highest BCUT2D eigenvalue weighted by Gasteiger charge is 2.09. The highest BCUT2D eigenvalue weighted by molar-refractivity contribution is 5.94. The van der Waals surface area contributed by atoms with Gasteiger partial charge in [-0.15, -0.1) is 0 Å². The number of nitrogens with two attached hydrogens (primary N) is 2. The van der Waals surface area contributed by atoms with Gasteiger partial charge >= 0.3 is 0 Å². The molecular formula is C15H14N4O. The molecule has 1 heterocycles. The van der Waals surface area contributed by atoms with E-state index in [1.807, 2.05) is 36.4 Å². The number of primary amides is 1. The molecule has 1 aromatic heterocycles. The van der Waals surface area contributed by atoms with Gasteiger partial charge in [-0.25, -0.2) is 4.68 Å². The van der Waals surface area contributed by atoms with E-state index in [1.165, 1.54) is 6.20 Å². The summed E-state index contributed by atoms with van der Waals surface area (Å²) >= 11 is 0. The number of nitrogens with zero attached hydrogens (tertiary/aromatic N) is 2. The van der Waals surface area contributed by atoms with Gasteiger partial charge in [-0.1, -0.05) is 30.3 Å². The van der Waals surface area contributed by atoms with Gasteiger partial charge < -0.3 is 11.5 Å². The lowest BCUT2D eigenvalue weighted by Crippen LogP contribution is -2.09.